The zero-order valence-electron chi connectivity index (χ0n) is 9.41. The van der Waals surface area contributed by atoms with Gasteiger partial charge in [-0.3, -0.25) is 9.40 Å². The van der Waals surface area contributed by atoms with Gasteiger partial charge in [-0.25, -0.2) is 0 Å². The lowest BCUT2D eigenvalue weighted by Crippen LogP contribution is -2.35. The highest BCUT2D eigenvalue weighted by atomic mass is 32.2. The summed E-state index contributed by atoms with van der Waals surface area (Å²) in [6.07, 6.45) is 1.44. The number of aromatic nitrogens is 2. The number of nitrogens with one attached hydrogen (secondary N) is 1. The lowest BCUT2D eigenvalue weighted by Gasteiger charge is -2.29. The van der Waals surface area contributed by atoms with E-state index in [1.165, 1.54) is 16.6 Å². The van der Waals surface area contributed by atoms with Crippen LogP contribution >= 0.6 is 11.8 Å². The van der Waals surface area contributed by atoms with Crippen LogP contribution < -0.4 is 4.31 Å². The van der Waals surface area contributed by atoms with E-state index in [4.69, 9.17) is 0 Å². The molecule has 0 aliphatic carbocycles. The highest BCUT2D eigenvalue weighted by molar-refractivity contribution is 8.00. The Kier molecular flexibility index (Phi) is 2.79. The second kappa shape index (κ2) is 4.33. The maximum atomic E-state index is 12.5. The molecular weight excluding hydrogens is 270 g/mol. The maximum Gasteiger partial charge on any atom is 0.281 e. The van der Waals surface area contributed by atoms with Crippen molar-refractivity contribution < 1.29 is 8.42 Å². The van der Waals surface area contributed by atoms with Crippen LogP contribution in [-0.2, 0) is 10.0 Å². The molecule has 0 radical (unpaired) electrons. The van der Waals surface area contributed by atoms with Crippen molar-refractivity contribution in [2.75, 3.05) is 16.6 Å². The zero-order chi connectivity index (χ0) is 12.6. The molecular formula is C11H11N3O2S2. The summed E-state index contributed by atoms with van der Waals surface area (Å²) in [6.45, 7) is 0.475. The molecule has 1 aromatic carbocycles. The van der Waals surface area contributed by atoms with Gasteiger partial charge in [0.05, 0.1) is 11.9 Å². The van der Waals surface area contributed by atoms with Gasteiger partial charge >= 0.3 is 0 Å². The molecule has 7 heteroatoms. The van der Waals surface area contributed by atoms with Crippen LogP contribution in [0.3, 0.4) is 0 Å². The summed E-state index contributed by atoms with van der Waals surface area (Å²) in [5, 5.41) is 6.35. The number of hydrogen-bond acceptors (Lipinski definition) is 4. The first kappa shape index (κ1) is 11.6. The smallest absolute Gasteiger partial charge is 0.266 e. The van der Waals surface area contributed by atoms with Crippen LogP contribution in [0.1, 0.15) is 0 Å². The number of nitrogens with zero attached hydrogens (tertiary/aromatic N) is 2. The molecule has 2 aromatic rings. The summed E-state index contributed by atoms with van der Waals surface area (Å²) < 4.78 is 26.3. The summed E-state index contributed by atoms with van der Waals surface area (Å²) in [5.41, 5.74) is 0.739. The van der Waals surface area contributed by atoms with Crippen LogP contribution in [0.2, 0.25) is 0 Å². The van der Waals surface area contributed by atoms with Gasteiger partial charge in [-0.2, -0.15) is 13.5 Å². The lowest BCUT2D eigenvalue weighted by molar-refractivity contribution is 0.587. The fourth-order valence-electron chi connectivity index (χ4n) is 1.90. The second-order valence-corrected chi connectivity index (χ2v) is 6.78. The molecule has 1 aliphatic heterocycles. The number of benzene rings is 1. The third-order valence-corrected chi connectivity index (χ3v) is 5.51. The van der Waals surface area contributed by atoms with Crippen molar-refractivity contribution >= 4 is 27.5 Å². The molecule has 1 aliphatic rings. The minimum absolute atomic E-state index is 0.129. The van der Waals surface area contributed by atoms with Crippen molar-refractivity contribution in [3.05, 3.63) is 36.5 Å². The Balaban J connectivity index is 2.10. The Morgan fingerprint density at radius 1 is 1.28 bits per heavy atom. The van der Waals surface area contributed by atoms with E-state index in [-0.39, 0.29) is 5.03 Å². The van der Waals surface area contributed by atoms with Gasteiger partial charge < -0.3 is 0 Å². The lowest BCUT2D eigenvalue weighted by atomic mass is 10.3. The van der Waals surface area contributed by atoms with E-state index in [0.717, 1.165) is 16.3 Å². The number of anilines is 1. The van der Waals surface area contributed by atoms with E-state index >= 15 is 0 Å². The highest BCUT2D eigenvalue weighted by Crippen LogP contribution is 2.36. The van der Waals surface area contributed by atoms with Crippen LogP contribution in [-0.4, -0.2) is 30.9 Å². The predicted molar refractivity (Wildman–Crippen MR) is 70.3 cm³/mol. The minimum atomic E-state index is -3.53. The van der Waals surface area contributed by atoms with Gasteiger partial charge in [-0.1, -0.05) is 12.1 Å². The molecule has 0 bridgehead atoms. The molecule has 0 spiro atoms. The highest BCUT2D eigenvalue weighted by Gasteiger charge is 2.29. The van der Waals surface area contributed by atoms with E-state index in [9.17, 15) is 8.42 Å². The molecule has 2 heterocycles. The summed E-state index contributed by atoms with van der Waals surface area (Å²) in [6, 6.07) is 9.00. The van der Waals surface area contributed by atoms with Crippen molar-refractivity contribution in [2.45, 2.75) is 9.92 Å². The van der Waals surface area contributed by atoms with Crippen LogP contribution in [0, 0.1) is 0 Å². The Morgan fingerprint density at radius 2 is 2.11 bits per heavy atom. The Labute approximate surface area is 109 Å². The number of sulfonamides is 1. The van der Waals surface area contributed by atoms with Gasteiger partial charge in [0.2, 0.25) is 0 Å². The summed E-state index contributed by atoms with van der Waals surface area (Å²) in [7, 11) is -3.53. The number of aromatic amines is 1. The molecule has 0 fully saturated rings. The Hall–Kier alpha value is -1.47. The maximum absolute atomic E-state index is 12.5. The Morgan fingerprint density at radius 3 is 2.89 bits per heavy atom. The summed E-state index contributed by atoms with van der Waals surface area (Å²) in [5.74, 6) is 0.754. The van der Waals surface area contributed by atoms with Crippen LogP contribution in [0.25, 0.3) is 0 Å². The van der Waals surface area contributed by atoms with Gasteiger partial charge in [0.1, 0.15) is 0 Å². The third-order valence-electron chi connectivity index (χ3n) is 2.73. The van der Waals surface area contributed by atoms with Crippen LogP contribution in [0.15, 0.2) is 46.5 Å². The minimum Gasteiger partial charge on any atom is -0.266 e. The molecule has 1 N–H and O–H groups in total. The average Bonchev–Trinajstić information content (AvgIpc) is 2.92. The van der Waals surface area contributed by atoms with E-state index < -0.39 is 10.0 Å². The van der Waals surface area contributed by atoms with E-state index in [0.29, 0.717) is 6.54 Å². The SMILES string of the molecule is O=S(=O)(c1ccn[nH]1)N1CCSc2ccccc21. The normalized spacial score (nSPS) is 15.4. The first-order valence-electron chi connectivity index (χ1n) is 5.43. The van der Waals surface area contributed by atoms with Gasteiger partial charge in [0.15, 0.2) is 5.03 Å². The molecule has 5 nitrogen and oxygen atoms in total. The number of para-hydroxylation sites is 1. The van der Waals surface area contributed by atoms with Gasteiger partial charge in [-0.05, 0) is 18.2 Å². The molecule has 18 heavy (non-hydrogen) atoms. The average molecular weight is 281 g/mol. The van der Waals surface area contributed by atoms with Crippen molar-refractivity contribution in [1.82, 2.24) is 10.2 Å². The molecule has 0 saturated heterocycles. The fourth-order valence-corrected chi connectivity index (χ4v) is 4.46. The van der Waals surface area contributed by atoms with Crippen molar-refractivity contribution in [3.63, 3.8) is 0 Å². The molecule has 3 rings (SSSR count). The fraction of sp³-hybridized carbons (Fsp3) is 0.182. The molecule has 0 unspecified atom stereocenters. The Bertz CT molecular complexity index is 653. The van der Waals surface area contributed by atoms with E-state index in [1.807, 2.05) is 24.3 Å². The number of fused-ring (bicyclic) bond motifs is 1. The second-order valence-electron chi connectivity index (χ2n) is 3.81. The van der Waals surface area contributed by atoms with Gasteiger partial charge in [0, 0.05) is 17.2 Å². The number of hydrogen-bond donors (Lipinski definition) is 1. The molecule has 0 atom stereocenters. The number of thioether (sulfide) groups is 1. The van der Waals surface area contributed by atoms with Crippen molar-refractivity contribution in [2.24, 2.45) is 0 Å². The van der Waals surface area contributed by atoms with Crippen molar-refractivity contribution in [3.8, 4) is 0 Å². The van der Waals surface area contributed by atoms with E-state index in [2.05, 4.69) is 10.2 Å². The van der Waals surface area contributed by atoms with Crippen LogP contribution in [0.4, 0.5) is 5.69 Å². The topological polar surface area (TPSA) is 66.1 Å². The monoisotopic (exact) mass is 281 g/mol. The molecule has 94 valence electrons. The quantitative estimate of drug-likeness (QED) is 0.910. The van der Waals surface area contributed by atoms with E-state index in [1.54, 1.807) is 11.8 Å². The molecule has 0 saturated carbocycles. The first-order chi connectivity index (χ1) is 8.69. The molecule has 1 aromatic heterocycles. The summed E-state index contributed by atoms with van der Waals surface area (Å²) >= 11 is 1.67. The van der Waals surface area contributed by atoms with Gasteiger partial charge in [-0.15, -0.1) is 11.8 Å². The zero-order valence-corrected chi connectivity index (χ0v) is 11.0. The van der Waals surface area contributed by atoms with Crippen LogP contribution in [0.5, 0.6) is 0 Å². The third kappa shape index (κ3) is 1.79. The summed E-state index contributed by atoms with van der Waals surface area (Å²) in [4.78, 5) is 0.992. The largest absolute Gasteiger partial charge is 0.281 e. The number of rotatable bonds is 2. The molecule has 0 amide bonds. The first-order valence-corrected chi connectivity index (χ1v) is 7.86. The standard InChI is InChI=1S/C11H11N3O2S2/c15-18(16,11-5-6-12-13-11)14-7-8-17-10-4-2-1-3-9(10)14/h1-6H,7-8H2,(H,12,13). The van der Waals surface area contributed by atoms with Crippen molar-refractivity contribution in [1.29, 1.82) is 0 Å². The predicted octanol–water partition coefficient (Wildman–Crippen LogP) is 1.71. The van der Waals surface area contributed by atoms with Gasteiger partial charge in [0.25, 0.3) is 10.0 Å². The number of H-pyrrole nitrogens is 1.